The van der Waals surface area contributed by atoms with Crippen molar-refractivity contribution in [3.05, 3.63) is 83.2 Å². The standard InChI is InChI=1S/C15H20N2O2.C13H14N2O.C4H8O.C4H9O.K/c1-3-19-15(18)13-17(11-7-10-16-2)12-14-8-5-4-6-9-14;14-8-12-6-7-15(10-13(12)16)9-11-4-2-1-3-5-11;1-2-4-5-3-1;1-4(2,3)5;/h4-6,8-9H,3,7,10-13H2,1H3;1-5,12H,6-7,9-10H2;1-4H2;1-3H3;/q;;;-1;+1. The molecule has 0 aliphatic carbocycles. The molecule has 0 spiro atoms. The normalized spacial score (nSPS) is 15.7. The van der Waals surface area contributed by atoms with Crippen LogP contribution in [0.25, 0.3) is 4.85 Å². The molecule has 9 nitrogen and oxygen atoms in total. The molecular weight excluding hydrogens is 608 g/mol. The molecule has 10 heteroatoms. The van der Waals surface area contributed by atoms with Gasteiger partial charge in [-0.1, -0.05) is 81.4 Å². The molecule has 2 fully saturated rings. The number of piperidine rings is 1. The zero-order chi connectivity index (χ0) is 33.3. The third-order valence-electron chi connectivity index (χ3n) is 6.39. The maximum atomic E-state index is 11.6. The second kappa shape index (κ2) is 27.0. The molecule has 2 aliphatic rings. The topological polar surface area (TPSA) is 110 Å². The first-order chi connectivity index (χ1) is 21.5. The first kappa shape index (κ1) is 44.0. The number of rotatable bonds is 10. The Bertz CT molecular complexity index is 1150. The number of likely N-dealkylation sites (tertiary alicyclic amines) is 1. The number of ether oxygens (including phenoxy) is 2. The van der Waals surface area contributed by atoms with Crippen molar-refractivity contribution >= 4 is 11.8 Å². The summed E-state index contributed by atoms with van der Waals surface area (Å²) in [6, 6.07) is 22.2. The Morgan fingerprint density at radius 3 is 2.13 bits per heavy atom. The van der Waals surface area contributed by atoms with Gasteiger partial charge in [0.2, 0.25) is 6.54 Å². The van der Waals surface area contributed by atoms with Crippen LogP contribution >= 0.6 is 0 Å². The van der Waals surface area contributed by atoms with Crippen LogP contribution in [0.3, 0.4) is 0 Å². The Morgan fingerprint density at radius 2 is 1.67 bits per heavy atom. The Labute approximate surface area is 319 Å². The number of hydrogen-bond donors (Lipinski definition) is 0. The smallest absolute Gasteiger partial charge is 0.850 e. The summed E-state index contributed by atoms with van der Waals surface area (Å²) >= 11 is 0. The molecule has 0 N–H and O–H groups in total. The second-order valence-electron chi connectivity index (χ2n) is 11.8. The largest absolute Gasteiger partial charge is 1.00 e. The van der Waals surface area contributed by atoms with Crippen LogP contribution in [0.15, 0.2) is 60.7 Å². The van der Waals surface area contributed by atoms with E-state index in [1.165, 1.54) is 18.4 Å². The summed E-state index contributed by atoms with van der Waals surface area (Å²) in [5.74, 6) is -0.530. The van der Waals surface area contributed by atoms with Crippen LogP contribution in [0.2, 0.25) is 0 Å². The number of benzene rings is 2. The number of nitrogens with zero attached hydrogens (tertiary/aromatic N) is 4. The molecule has 4 rings (SSSR count). The predicted octanol–water partition coefficient (Wildman–Crippen LogP) is 1.91. The molecule has 246 valence electrons. The van der Waals surface area contributed by atoms with Crippen LogP contribution in [0, 0.1) is 23.8 Å². The molecule has 0 bridgehead atoms. The van der Waals surface area contributed by atoms with Gasteiger partial charge in [-0.15, -0.1) is 5.60 Å². The molecule has 2 heterocycles. The van der Waals surface area contributed by atoms with Crippen molar-refractivity contribution < 1.29 is 75.6 Å². The van der Waals surface area contributed by atoms with Gasteiger partial charge >= 0.3 is 57.4 Å². The quantitative estimate of drug-likeness (QED) is 0.165. The monoisotopic (exact) mass is 658 g/mol. The zero-order valence-corrected chi connectivity index (χ0v) is 31.7. The van der Waals surface area contributed by atoms with Crippen molar-refractivity contribution in [3.63, 3.8) is 0 Å². The fourth-order valence-electron chi connectivity index (χ4n) is 4.32. The minimum atomic E-state index is -0.750. The summed E-state index contributed by atoms with van der Waals surface area (Å²) < 4.78 is 9.92. The summed E-state index contributed by atoms with van der Waals surface area (Å²) in [6.07, 6.45) is 4.00. The van der Waals surface area contributed by atoms with Crippen LogP contribution in [-0.2, 0) is 32.2 Å². The predicted molar refractivity (Wildman–Crippen MR) is 175 cm³/mol. The number of carbonyl (C=O) groups excluding carboxylic acids is 2. The van der Waals surface area contributed by atoms with Gasteiger partial charge in [-0.25, -0.2) is 6.57 Å². The van der Waals surface area contributed by atoms with Crippen LogP contribution in [0.1, 0.15) is 64.5 Å². The second-order valence-corrected chi connectivity index (χ2v) is 11.8. The first-order valence-electron chi connectivity index (χ1n) is 15.8. The van der Waals surface area contributed by atoms with Gasteiger partial charge in [0.05, 0.1) is 25.8 Å². The first-order valence-corrected chi connectivity index (χ1v) is 15.8. The number of nitriles is 1. The van der Waals surface area contributed by atoms with E-state index in [9.17, 15) is 14.7 Å². The SMILES string of the molecule is C1CCOC1.CC(C)(C)[O-].N#CC1CCN(Cc2ccccc2)CC1=O.[C-]#[N+]CCCN(CC(=O)OCC)Cc1ccccc1.[K+]. The number of Topliss-reactive ketones (excluding diaryl/α,β-unsaturated/α-hetero) is 1. The average molecular weight is 659 g/mol. The fraction of sp³-hybridized carbons (Fsp3) is 0.556. The average Bonchev–Trinajstić information content (AvgIpc) is 3.59. The van der Waals surface area contributed by atoms with E-state index in [0.717, 1.165) is 44.8 Å². The summed E-state index contributed by atoms with van der Waals surface area (Å²) in [7, 11) is 0. The van der Waals surface area contributed by atoms with E-state index in [1.807, 2.05) is 53.4 Å². The third-order valence-corrected chi connectivity index (χ3v) is 6.39. The van der Waals surface area contributed by atoms with Gasteiger partial charge in [-0.2, -0.15) is 5.26 Å². The maximum Gasteiger partial charge on any atom is 1.00 e. The van der Waals surface area contributed by atoms with E-state index in [0.29, 0.717) is 32.7 Å². The Balaban J connectivity index is 0.000000670. The number of esters is 1. The molecule has 2 aliphatic heterocycles. The van der Waals surface area contributed by atoms with Crippen molar-refractivity contribution in [1.82, 2.24) is 9.80 Å². The van der Waals surface area contributed by atoms with Crippen LogP contribution < -0.4 is 56.5 Å². The number of ketones is 1. The van der Waals surface area contributed by atoms with Crippen LogP contribution in [-0.4, -0.2) is 79.7 Å². The number of hydrogen-bond acceptors (Lipinski definition) is 8. The molecule has 2 aromatic rings. The van der Waals surface area contributed by atoms with Crippen molar-refractivity contribution in [2.75, 3.05) is 52.5 Å². The van der Waals surface area contributed by atoms with E-state index in [4.69, 9.17) is 21.3 Å². The Kier molecular flexibility index (Phi) is 25.9. The molecule has 2 aromatic carbocycles. The molecule has 1 atom stereocenters. The van der Waals surface area contributed by atoms with E-state index in [1.54, 1.807) is 27.7 Å². The molecule has 0 amide bonds. The molecule has 46 heavy (non-hydrogen) atoms. The minimum Gasteiger partial charge on any atom is -0.850 e. The maximum absolute atomic E-state index is 11.6. The molecule has 0 radical (unpaired) electrons. The summed E-state index contributed by atoms with van der Waals surface area (Å²) in [6.45, 7) is 20.1. The van der Waals surface area contributed by atoms with Crippen molar-refractivity contribution in [2.45, 2.75) is 72.1 Å². The van der Waals surface area contributed by atoms with Gasteiger partial charge < -0.3 is 19.4 Å². The zero-order valence-electron chi connectivity index (χ0n) is 28.6. The van der Waals surface area contributed by atoms with Gasteiger partial charge in [0.15, 0.2) is 5.78 Å². The molecule has 0 aromatic heterocycles. The Morgan fingerprint density at radius 1 is 1.11 bits per heavy atom. The van der Waals surface area contributed by atoms with Crippen molar-refractivity contribution in [3.8, 4) is 6.07 Å². The van der Waals surface area contributed by atoms with E-state index >= 15 is 0 Å². The minimum absolute atomic E-state index is 0. The van der Waals surface area contributed by atoms with Gasteiger partial charge in [-0.05, 0) is 37.3 Å². The van der Waals surface area contributed by atoms with E-state index < -0.39 is 5.60 Å². The Hall–Kier alpha value is -1.96. The summed E-state index contributed by atoms with van der Waals surface area (Å²) in [4.78, 5) is 30.6. The van der Waals surface area contributed by atoms with Gasteiger partial charge in [0.1, 0.15) is 5.92 Å². The van der Waals surface area contributed by atoms with Crippen LogP contribution in [0.5, 0.6) is 0 Å². The third kappa shape index (κ3) is 24.2. The van der Waals surface area contributed by atoms with E-state index in [2.05, 4.69) is 27.9 Å². The summed E-state index contributed by atoms with van der Waals surface area (Å²) in [5, 5.41) is 18.9. The van der Waals surface area contributed by atoms with Crippen molar-refractivity contribution in [1.29, 1.82) is 5.26 Å². The fourth-order valence-corrected chi connectivity index (χ4v) is 4.32. The van der Waals surface area contributed by atoms with E-state index in [-0.39, 0.29) is 75.6 Å². The molecule has 2 saturated heterocycles. The number of carbonyl (C=O) groups is 2. The molecular formula is C36H51KN4O5. The summed E-state index contributed by atoms with van der Waals surface area (Å²) in [5.41, 5.74) is 1.63. The van der Waals surface area contributed by atoms with Gasteiger partial charge in [0.25, 0.3) is 0 Å². The molecule has 1 unspecified atom stereocenters. The van der Waals surface area contributed by atoms with Crippen LogP contribution in [0.4, 0.5) is 0 Å². The molecule has 0 saturated carbocycles. The van der Waals surface area contributed by atoms with Gasteiger partial charge in [-0.3, -0.25) is 19.4 Å². The van der Waals surface area contributed by atoms with Crippen molar-refractivity contribution in [2.24, 2.45) is 5.92 Å². The van der Waals surface area contributed by atoms with Gasteiger partial charge in [0, 0.05) is 45.8 Å².